The number of nitrogens with two attached hydrogens (primary N) is 1. The maximum absolute atomic E-state index is 11.6. The highest BCUT2D eigenvalue weighted by atomic mass is 35.5. The number of aryl methyl sites for hydroxylation is 1. The van der Waals surface area contributed by atoms with Crippen molar-refractivity contribution in [3.63, 3.8) is 0 Å². The monoisotopic (exact) mass is 285 g/mol. The van der Waals surface area contributed by atoms with E-state index in [4.69, 9.17) is 5.73 Å². The van der Waals surface area contributed by atoms with Gasteiger partial charge in [-0.25, -0.2) is 0 Å². The Morgan fingerprint density at radius 2 is 2.00 bits per heavy atom. The molecule has 0 saturated heterocycles. The minimum absolute atomic E-state index is 0. The molecule has 0 radical (unpaired) electrons. The number of carbonyl (C=O) groups is 2. The minimum atomic E-state index is -0.487. The summed E-state index contributed by atoms with van der Waals surface area (Å²) in [5.41, 5.74) is 7.09. The van der Waals surface area contributed by atoms with Crippen LogP contribution in [0.4, 0.5) is 5.69 Å². The molecular weight excluding hydrogens is 266 g/mol. The lowest BCUT2D eigenvalue weighted by molar-refractivity contribution is -0.116. The van der Waals surface area contributed by atoms with E-state index in [9.17, 15) is 9.59 Å². The van der Waals surface area contributed by atoms with Crippen molar-refractivity contribution in [3.05, 3.63) is 29.3 Å². The van der Waals surface area contributed by atoms with Crippen molar-refractivity contribution in [1.82, 2.24) is 5.32 Å². The van der Waals surface area contributed by atoms with Gasteiger partial charge >= 0.3 is 0 Å². The van der Waals surface area contributed by atoms with Gasteiger partial charge in [0.2, 0.25) is 11.8 Å². The summed E-state index contributed by atoms with van der Waals surface area (Å²) in [5, 5.41) is 5.73. The first-order valence-corrected chi connectivity index (χ1v) is 5.89. The van der Waals surface area contributed by atoms with Crippen LogP contribution in [0, 0.1) is 6.92 Å². The lowest BCUT2D eigenvalue weighted by atomic mass is 10.1. The summed E-state index contributed by atoms with van der Waals surface area (Å²) in [4.78, 5) is 22.8. The van der Waals surface area contributed by atoms with Crippen LogP contribution in [-0.2, 0) is 4.79 Å². The van der Waals surface area contributed by atoms with Gasteiger partial charge in [-0.3, -0.25) is 9.59 Å². The molecule has 0 saturated carbocycles. The zero-order valence-electron chi connectivity index (χ0n) is 11.2. The molecule has 106 valence electrons. The van der Waals surface area contributed by atoms with E-state index in [1.165, 1.54) is 0 Å². The van der Waals surface area contributed by atoms with E-state index in [0.29, 0.717) is 17.7 Å². The van der Waals surface area contributed by atoms with Crippen molar-refractivity contribution in [1.29, 1.82) is 0 Å². The average molecular weight is 286 g/mol. The van der Waals surface area contributed by atoms with E-state index in [0.717, 1.165) is 18.5 Å². The Morgan fingerprint density at radius 1 is 1.32 bits per heavy atom. The highest BCUT2D eigenvalue weighted by Crippen LogP contribution is 2.15. The number of halogens is 1. The standard InChI is InChI=1S/C13H19N3O2.ClH/c1-9-5-6-10(8-11(9)13(14)18)16-12(17)4-3-7-15-2;/h5-6,8,15H,3-4,7H2,1-2H3,(H2,14,18)(H,16,17);1H. The Morgan fingerprint density at radius 3 is 2.58 bits per heavy atom. The van der Waals surface area contributed by atoms with Crippen molar-refractivity contribution < 1.29 is 9.59 Å². The number of primary amides is 1. The van der Waals surface area contributed by atoms with Crippen LogP contribution in [0.3, 0.4) is 0 Å². The van der Waals surface area contributed by atoms with Crippen molar-refractivity contribution in [2.45, 2.75) is 19.8 Å². The van der Waals surface area contributed by atoms with E-state index in [2.05, 4.69) is 10.6 Å². The maximum atomic E-state index is 11.6. The van der Waals surface area contributed by atoms with Crippen molar-refractivity contribution in [3.8, 4) is 0 Å². The first kappa shape index (κ1) is 17.4. The minimum Gasteiger partial charge on any atom is -0.366 e. The lowest BCUT2D eigenvalue weighted by Crippen LogP contribution is -2.17. The van der Waals surface area contributed by atoms with Crippen LogP contribution >= 0.6 is 12.4 Å². The van der Waals surface area contributed by atoms with Crippen molar-refractivity contribution >= 4 is 29.9 Å². The second kappa shape index (κ2) is 8.50. The Kier molecular flexibility index (Phi) is 7.79. The van der Waals surface area contributed by atoms with E-state index >= 15 is 0 Å². The zero-order valence-corrected chi connectivity index (χ0v) is 12.0. The number of benzene rings is 1. The van der Waals surface area contributed by atoms with Crippen LogP contribution in [0.2, 0.25) is 0 Å². The highest BCUT2D eigenvalue weighted by Gasteiger charge is 2.07. The molecule has 0 bridgehead atoms. The molecule has 0 unspecified atom stereocenters. The zero-order chi connectivity index (χ0) is 13.5. The summed E-state index contributed by atoms with van der Waals surface area (Å²) < 4.78 is 0. The van der Waals surface area contributed by atoms with Gasteiger partial charge in [0.15, 0.2) is 0 Å². The van der Waals surface area contributed by atoms with Gasteiger partial charge in [-0.05, 0) is 44.6 Å². The van der Waals surface area contributed by atoms with Gasteiger partial charge in [-0.1, -0.05) is 6.07 Å². The number of hydrogen-bond donors (Lipinski definition) is 3. The number of amides is 2. The molecule has 6 heteroatoms. The van der Waals surface area contributed by atoms with Gasteiger partial charge in [0.1, 0.15) is 0 Å². The number of hydrogen-bond acceptors (Lipinski definition) is 3. The summed E-state index contributed by atoms with van der Waals surface area (Å²) in [6.45, 7) is 2.60. The second-order valence-electron chi connectivity index (χ2n) is 4.15. The molecule has 0 fully saturated rings. The molecule has 0 spiro atoms. The van der Waals surface area contributed by atoms with Crippen LogP contribution in [0.15, 0.2) is 18.2 Å². The van der Waals surface area contributed by atoms with E-state index in [-0.39, 0.29) is 18.3 Å². The van der Waals surface area contributed by atoms with Gasteiger partial charge in [-0.15, -0.1) is 12.4 Å². The first-order valence-electron chi connectivity index (χ1n) is 5.89. The number of nitrogens with one attached hydrogen (secondary N) is 2. The predicted molar refractivity (Wildman–Crippen MR) is 78.7 cm³/mol. The fourth-order valence-electron chi connectivity index (χ4n) is 1.61. The molecule has 0 aliphatic rings. The lowest BCUT2D eigenvalue weighted by Gasteiger charge is -2.08. The molecule has 0 heterocycles. The Hall–Kier alpha value is -1.59. The summed E-state index contributed by atoms with van der Waals surface area (Å²) in [5.74, 6) is -0.552. The number of carbonyl (C=O) groups excluding carboxylic acids is 2. The van der Waals surface area contributed by atoms with Gasteiger partial charge in [0, 0.05) is 17.7 Å². The first-order chi connectivity index (χ1) is 8.54. The molecule has 0 aliphatic carbocycles. The molecule has 0 aliphatic heterocycles. The predicted octanol–water partition coefficient (Wildman–Crippen LogP) is 1.45. The van der Waals surface area contributed by atoms with Crippen LogP contribution in [0.25, 0.3) is 0 Å². The summed E-state index contributed by atoms with van der Waals surface area (Å²) >= 11 is 0. The van der Waals surface area contributed by atoms with E-state index < -0.39 is 5.91 Å². The molecule has 2 amide bonds. The van der Waals surface area contributed by atoms with Gasteiger partial charge < -0.3 is 16.4 Å². The third kappa shape index (κ3) is 5.72. The molecule has 1 rings (SSSR count). The molecular formula is C13H20ClN3O2. The Bertz CT molecular complexity index is 450. The molecule has 5 nitrogen and oxygen atoms in total. The Labute approximate surface area is 119 Å². The maximum Gasteiger partial charge on any atom is 0.249 e. The normalized spacial score (nSPS) is 9.58. The third-order valence-electron chi connectivity index (χ3n) is 2.62. The van der Waals surface area contributed by atoms with Crippen LogP contribution in [-0.4, -0.2) is 25.4 Å². The van der Waals surface area contributed by atoms with Crippen LogP contribution < -0.4 is 16.4 Å². The summed E-state index contributed by atoms with van der Waals surface area (Å²) in [6, 6.07) is 5.13. The fourth-order valence-corrected chi connectivity index (χ4v) is 1.61. The fraction of sp³-hybridized carbons (Fsp3) is 0.385. The molecule has 4 N–H and O–H groups in total. The molecule has 1 aromatic rings. The van der Waals surface area contributed by atoms with E-state index in [1.807, 2.05) is 7.05 Å². The van der Waals surface area contributed by atoms with Gasteiger partial charge in [-0.2, -0.15) is 0 Å². The Balaban J connectivity index is 0.00000324. The largest absolute Gasteiger partial charge is 0.366 e. The van der Waals surface area contributed by atoms with Crippen LogP contribution in [0.1, 0.15) is 28.8 Å². The second-order valence-corrected chi connectivity index (χ2v) is 4.15. The van der Waals surface area contributed by atoms with Crippen molar-refractivity contribution in [2.24, 2.45) is 5.73 Å². The SMILES string of the molecule is CNCCCC(=O)Nc1ccc(C)c(C(N)=O)c1.Cl. The van der Waals surface area contributed by atoms with Crippen molar-refractivity contribution in [2.75, 3.05) is 18.9 Å². The molecule has 19 heavy (non-hydrogen) atoms. The van der Waals surface area contributed by atoms with E-state index in [1.54, 1.807) is 25.1 Å². The molecule has 1 aromatic carbocycles. The summed E-state index contributed by atoms with van der Waals surface area (Å²) in [7, 11) is 1.84. The smallest absolute Gasteiger partial charge is 0.249 e. The highest BCUT2D eigenvalue weighted by molar-refractivity contribution is 5.97. The van der Waals surface area contributed by atoms with Gasteiger partial charge in [0.25, 0.3) is 0 Å². The quantitative estimate of drug-likeness (QED) is 0.692. The molecule has 0 aromatic heterocycles. The average Bonchev–Trinajstić information content (AvgIpc) is 2.31. The van der Waals surface area contributed by atoms with Crippen LogP contribution in [0.5, 0.6) is 0 Å². The summed E-state index contributed by atoms with van der Waals surface area (Å²) in [6.07, 6.45) is 1.22. The number of anilines is 1. The number of rotatable bonds is 6. The van der Waals surface area contributed by atoms with Gasteiger partial charge in [0.05, 0.1) is 0 Å². The topological polar surface area (TPSA) is 84.2 Å². The molecule has 0 atom stereocenters. The third-order valence-corrected chi connectivity index (χ3v) is 2.62.